The predicted octanol–water partition coefficient (Wildman–Crippen LogP) is 11.1. The second kappa shape index (κ2) is 16.1. The monoisotopic (exact) mass is 814 g/mol. The molecule has 8 heteroatoms. The van der Waals surface area contributed by atoms with E-state index in [0.717, 1.165) is 52.7 Å². The molecule has 0 aromatic heterocycles. The van der Waals surface area contributed by atoms with E-state index in [1.54, 1.807) is 0 Å². The van der Waals surface area contributed by atoms with Gasteiger partial charge in [-0.05, 0) is 106 Å². The molecule has 0 N–H and O–H groups in total. The lowest BCUT2D eigenvalue weighted by atomic mass is 9.79. The van der Waals surface area contributed by atoms with Gasteiger partial charge < -0.3 is 18.9 Å². The summed E-state index contributed by atoms with van der Waals surface area (Å²) >= 11 is 0. The number of benzene rings is 4. The lowest BCUT2D eigenvalue weighted by Gasteiger charge is -2.32. The van der Waals surface area contributed by atoms with Crippen molar-refractivity contribution < 1.29 is 23.4 Å². The maximum absolute atomic E-state index is 14.8. The summed E-state index contributed by atoms with van der Waals surface area (Å²) in [4.78, 5) is 19.0. The average Bonchev–Trinajstić information content (AvgIpc) is 3.68. The van der Waals surface area contributed by atoms with Crippen LogP contribution in [0.4, 0.5) is 16.2 Å². The van der Waals surface area contributed by atoms with E-state index in [4.69, 9.17) is 14.0 Å². The van der Waals surface area contributed by atoms with Crippen LogP contribution in [0.1, 0.15) is 96.9 Å². The number of hydrogen-bond acceptors (Lipinski definition) is 5. The van der Waals surface area contributed by atoms with Crippen LogP contribution >= 0.6 is 0 Å². The fourth-order valence-corrected chi connectivity index (χ4v) is 9.52. The summed E-state index contributed by atoms with van der Waals surface area (Å²) in [6.45, 7) is 17.9. The van der Waals surface area contributed by atoms with Crippen LogP contribution in [0.3, 0.4) is 0 Å². The Morgan fingerprint density at radius 3 is 2.07 bits per heavy atom. The first-order valence-corrected chi connectivity index (χ1v) is 21.8. The molecule has 0 radical (unpaired) electrons. The van der Waals surface area contributed by atoms with E-state index in [2.05, 4.69) is 164 Å². The van der Waals surface area contributed by atoms with Gasteiger partial charge in [-0.3, -0.25) is 4.90 Å². The van der Waals surface area contributed by atoms with Crippen LogP contribution < -0.4 is 10.4 Å². The van der Waals surface area contributed by atoms with E-state index < -0.39 is 18.3 Å². The minimum Gasteiger partial charge on any atom is -0.444 e. The molecule has 0 spiro atoms. The van der Waals surface area contributed by atoms with Gasteiger partial charge in [-0.15, -0.1) is 0 Å². The van der Waals surface area contributed by atoms with Crippen LogP contribution in [0, 0.1) is 0 Å². The van der Waals surface area contributed by atoms with E-state index in [-0.39, 0.29) is 23.5 Å². The number of carbonyl (C=O) groups excluding carboxylic acids is 1. The number of allylic oxidation sites excluding steroid dienone is 7. The molecule has 0 saturated carbocycles. The van der Waals surface area contributed by atoms with Crippen molar-refractivity contribution in [2.45, 2.75) is 110 Å². The highest BCUT2D eigenvalue weighted by molar-refractivity contribution is 6.62. The van der Waals surface area contributed by atoms with Gasteiger partial charge in [-0.25, -0.2) is 4.79 Å². The maximum Gasteiger partial charge on any atom is 0.494 e. The summed E-state index contributed by atoms with van der Waals surface area (Å²) in [5.41, 5.74) is 12.3. The van der Waals surface area contributed by atoms with E-state index >= 15 is 0 Å². The molecule has 7 nitrogen and oxygen atoms in total. The van der Waals surface area contributed by atoms with Crippen LogP contribution in [0.2, 0.25) is 0 Å². The predicted molar refractivity (Wildman–Crippen MR) is 249 cm³/mol. The van der Waals surface area contributed by atoms with Crippen molar-refractivity contribution in [1.82, 2.24) is 4.90 Å². The smallest absolute Gasteiger partial charge is 0.444 e. The highest BCUT2D eigenvalue weighted by Gasteiger charge is 2.51. The molecule has 1 amide bonds. The number of likely N-dealkylation sites (N-methyl/N-ethyl adjacent to an activating group) is 1. The van der Waals surface area contributed by atoms with Crippen molar-refractivity contribution in [3.05, 3.63) is 172 Å². The van der Waals surface area contributed by atoms with Gasteiger partial charge in [0, 0.05) is 41.6 Å². The van der Waals surface area contributed by atoms with Crippen molar-refractivity contribution in [2.75, 3.05) is 19.0 Å². The summed E-state index contributed by atoms with van der Waals surface area (Å²) in [6.07, 6.45) is 11.3. The normalized spacial score (nSPS) is 21.1. The number of rotatable bonds is 9. The Labute approximate surface area is 363 Å². The molecular formula is C53H61BN3O4+. The molecule has 3 aliphatic heterocycles. The molecule has 1 saturated heterocycles. The van der Waals surface area contributed by atoms with Gasteiger partial charge in [-0.2, -0.15) is 4.58 Å². The number of para-hydroxylation sites is 2. The number of anilines is 1. The number of hydrogen-bond donors (Lipinski definition) is 0. The minimum atomic E-state index is -0.460. The highest BCUT2D eigenvalue weighted by Crippen LogP contribution is 2.47. The zero-order valence-electron chi connectivity index (χ0n) is 37.7. The highest BCUT2D eigenvalue weighted by atomic mass is 16.7. The molecule has 3 heterocycles. The topological polar surface area (TPSA) is 54.3 Å². The lowest BCUT2D eigenvalue weighted by molar-refractivity contribution is -0.401. The van der Waals surface area contributed by atoms with Crippen LogP contribution in [0.15, 0.2) is 150 Å². The summed E-state index contributed by atoms with van der Waals surface area (Å²) in [5.74, 6) is 0. The molecular weight excluding hydrogens is 753 g/mol. The van der Waals surface area contributed by atoms with E-state index in [1.807, 2.05) is 47.4 Å². The van der Waals surface area contributed by atoms with E-state index in [1.165, 1.54) is 33.9 Å². The van der Waals surface area contributed by atoms with Gasteiger partial charge in [0.25, 0.3) is 0 Å². The summed E-state index contributed by atoms with van der Waals surface area (Å²) in [6, 6.07) is 35.5. The van der Waals surface area contributed by atoms with Crippen LogP contribution in [0.25, 0.3) is 0 Å². The Morgan fingerprint density at radius 1 is 0.754 bits per heavy atom. The quantitative estimate of drug-likeness (QED) is 0.124. The maximum atomic E-state index is 14.8. The molecule has 314 valence electrons. The molecule has 1 fully saturated rings. The molecule has 61 heavy (non-hydrogen) atoms. The van der Waals surface area contributed by atoms with Crippen molar-refractivity contribution in [3.8, 4) is 0 Å². The Morgan fingerprint density at radius 2 is 1.39 bits per heavy atom. The van der Waals surface area contributed by atoms with E-state index in [9.17, 15) is 4.79 Å². The van der Waals surface area contributed by atoms with Gasteiger partial charge in [0.05, 0.1) is 28.9 Å². The number of fused-ring (bicyclic) bond motifs is 2. The molecule has 4 aliphatic rings. The second-order valence-corrected chi connectivity index (χ2v) is 19.0. The molecule has 0 unspecified atom stereocenters. The first-order chi connectivity index (χ1) is 29.0. The summed E-state index contributed by atoms with van der Waals surface area (Å²) in [5, 5.41) is 0. The number of amides is 1. The number of nitrogens with zero attached hydrogens (tertiary/aromatic N) is 3. The zero-order chi connectivity index (χ0) is 43.3. The molecule has 0 atom stereocenters. The standard InChI is InChI=1S/C53H61BN3O4/c1-50(2)42-23-14-16-25-44(42)55(9)46(50)33-29-39-21-18-22-40(30-34-47-51(3,4)43-24-15-17-26-45(43)56(47)10)48(39)57(35-37-19-12-11-13-20-37)49(58)59-36-38-27-31-41(32-28-38)54-60-52(5,6)53(7,8)61-54/h11-17,19-20,23-34H,18,21-22,35-36H2,1-10H3/q+1. The molecule has 8 rings (SSSR count). The lowest BCUT2D eigenvalue weighted by Crippen LogP contribution is -2.41. The second-order valence-electron chi connectivity index (χ2n) is 19.0. The van der Waals surface area contributed by atoms with Gasteiger partial charge in [0.2, 0.25) is 5.69 Å². The van der Waals surface area contributed by atoms with Crippen molar-refractivity contribution in [2.24, 2.45) is 0 Å². The average molecular weight is 815 g/mol. The largest absolute Gasteiger partial charge is 0.494 e. The summed E-state index contributed by atoms with van der Waals surface area (Å²) < 4.78 is 21.2. The van der Waals surface area contributed by atoms with Crippen molar-refractivity contribution in [3.63, 3.8) is 0 Å². The first-order valence-electron chi connectivity index (χ1n) is 21.8. The SMILES string of the molecule is CN1/C(=C/C=C2\CCCC(/C=C/C3=[N+](C)c4ccccc4C3(C)C)=C2N(Cc2ccccc2)C(=O)OCc2ccc(B3OC(C)(C)C(C)(C)O3)cc2)C(C)(C)c2ccccc21. The first kappa shape index (κ1) is 42.3. The fraction of sp³-hybridized carbons (Fsp3) is 0.358. The fourth-order valence-electron chi connectivity index (χ4n) is 9.52. The third-order valence-electron chi connectivity index (χ3n) is 13.8. The Bertz CT molecular complexity index is 2470. The molecule has 0 bridgehead atoms. The van der Waals surface area contributed by atoms with E-state index in [0.29, 0.717) is 6.54 Å². The van der Waals surface area contributed by atoms with Gasteiger partial charge in [-0.1, -0.05) is 117 Å². The Kier molecular flexibility index (Phi) is 11.2. The van der Waals surface area contributed by atoms with Crippen LogP contribution in [0.5, 0.6) is 0 Å². The minimum absolute atomic E-state index is 0.127. The van der Waals surface area contributed by atoms with Gasteiger partial charge >= 0.3 is 13.2 Å². The third-order valence-corrected chi connectivity index (χ3v) is 13.8. The Hall–Kier alpha value is -5.44. The number of ether oxygens (including phenoxy) is 1. The van der Waals surface area contributed by atoms with Crippen molar-refractivity contribution >= 4 is 35.8 Å². The Balaban J connectivity index is 1.17. The van der Waals surface area contributed by atoms with Crippen LogP contribution in [-0.4, -0.2) is 53.7 Å². The molecule has 1 aliphatic carbocycles. The number of carbonyl (C=O) groups is 1. The zero-order valence-corrected chi connectivity index (χ0v) is 37.7. The molecule has 4 aromatic rings. The summed E-state index contributed by atoms with van der Waals surface area (Å²) in [7, 11) is 3.85. The molecule has 4 aromatic carbocycles. The van der Waals surface area contributed by atoms with Gasteiger partial charge in [0.1, 0.15) is 13.7 Å². The van der Waals surface area contributed by atoms with Crippen LogP contribution in [-0.2, 0) is 38.0 Å². The van der Waals surface area contributed by atoms with Crippen molar-refractivity contribution in [1.29, 1.82) is 0 Å². The van der Waals surface area contributed by atoms with Gasteiger partial charge in [0.15, 0.2) is 5.71 Å². The third kappa shape index (κ3) is 7.85.